The smallest absolute Gasteiger partial charge is 0.241 e. The van der Waals surface area contributed by atoms with Gasteiger partial charge in [0.05, 0.1) is 24.4 Å². The average Bonchev–Trinajstić information content (AvgIpc) is 3.25. The zero-order valence-corrected chi connectivity index (χ0v) is 21.9. The number of nitrogens with one attached hydrogen (secondary N) is 1. The number of aromatic nitrogens is 3. The summed E-state index contributed by atoms with van der Waals surface area (Å²) in [6.45, 7) is 8.10. The van der Waals surface area contributed by atoms with E-state index in [9.17, 15) is 5.11 Å². The normalized spacial score (nSPS) is 22.7. The first kappa shape index (κ1) is 25.1. The largest absolute Gasteiger partial charge is 0.393 e. The van der Waals surface area contributed by atoms with Crippen molar-refractivity contribution < 1.29 is 9.84 Å². The average molecular weight is 493 g/mol. The van der Waals surface area contributed by atoms with Gasteiger partial charge in [-0.2, -0.15) is 0 Å². The lowest BCUT2D eigenvalue weighted by molar-refractivity contribution is 0.121. The summed E-state index contributed by atoms with van der Waals surface area (Å²) in [6.07, 6.45) is 5.40. The standard InChI is InChI=1S/C28H40N6O2/c1-20(19-36-3)30-28-29-17-27-25(16-26(34(27)31-28)22-7-9-24(35)10-8-22)23-6-4-5-21(15-23)18-33-13-11-32(2)12-14-33/h4-6,15-17,20,22,24,35H,7-14,18-19H2,1-3H3,(H,30,31)/t20-,22?,24?/m0/s1. The molecule has 1 aliphatic heterocycles. The van der Waals surface area contributed by atoms with Crippen molar-refractivity contribution in [3.63, 3.8) is 0 Å². The SMILES string of the molecule is COC[C@H](C)Nc1ncc2c(-c3cccc(CN4CCN(C)CC4)c3)cc(C3CCC(O)CC3)n2n1. The van der Waals surface area contributed by atoms with Gasteiger partial charge in [0.1, 0.15) is 0 Å². The van der Waals surface area contributed by atoms with E-state index in [2.05, 4.69) is 68.9 Å². The van der Waals surface area contributed by atoms with Crippen LogP contribution < -0.4 is 5.32 Å². The molecule has 2 fully saturated rings. The quantitative estimate of drug-likeness (QED) is 0.497. The number of anilines is 1. The fourth-order valence-electron chi connectivity index (χ4n) is 5.59. The van der Waals surface area contributed by atoms with Crippen LogP contribution in [0.4, 0.5) is 5.95 Å². The number of aliphatic hydroxyl groups is 1. The molecule has 0 radical (unpaired) electrons. The number of rotatable bonds is 8. The van der Waals surface area contributed by atoms with E-state index in [0.717, 1.165) is 63.9 Å². The lowest BCUT2D eigenvalue weighted by atomic mass is 9.85. The second-order valence-electron chi connectivity index (χ2n) is 10.6. The molecule has 1 aromatic carbocycles. The van der Waals surface area contributed by atoms with Crippen molar-refractivity contribution in [1.82, 2.24) is 24.4 Å². The van der Waals surface area contributed by atoms with Crippen LogP contribution in [0.3, 0.4) is 0 Å². The van der Waals surface area contributed by atoms with Crippen molar-refractivity contribution in [2.75, 3.05) is 52.3 Å². The Hall–Kier alpha value is -2.52. The van der Waals surface area contributed by atoms with Gasteiger partial charge in [0.2, 0.25) is 5.95 Å². The zero-order chi connectivity index (χ0) is 25.1. The molecule has 36 heavy (non-hydrogen) atoms. The van der Waals surface area contributed by atoms with E-state index in [0.29, 0.717) is 18.5 Å². The highest BCUT2D eigenvalue weighted by Gasteiger charge is 2.26. The van der Waals surface area contributed by atoms with E-state index >= 15 is 0 Å². The molecule has 194 valence electrons. The van der Waals surface area contributed by atoms with Gasteiger partial charge in [-0.3, -0.25) is 4.90 Å². The molecular formula is C28H40N6O2. The Morgan fingerprint density at radius 1 is 1.11 bits per heavy atom. The summed E-state index contributed by atoms with van der Waals surface area (Å²) in [6, 6.07) is 11.4. The van der Waals surface area contributed by atoms with Gasteiger partial charge in [0.25, 0.3) is 0 Å². The molecule has 1 aliphatic carbocycles. The van der Waals surface area contributed by atoms with Crippen molar-refractivity contribution >= 4 is 11.5 Å². The molecule has 0 amide bonds. The van der Waals surface area contributed by atoms with Gasteiger partial charge in [0.15, 0.2) is 0 Å². The van der Waals surface area contributed by atoms with Gasteiger partial charge in [-0.1, -0.05) is 18.2 Å². The third-order valence-corrected chi connectivity index (χ3v) is 7.69. The van der Waals surface area contributed by atoms with Crippen molar-refractivity contribution in [1.29, 1.82) is 0 Å². The topological polar surface area (TPSA) is 78.2 Å². The first-order chi connectivity index (χ1) is 17.5. The van der Waals surface area contributed by atoms with Crippen LogP contribution in [-0.4, -0.2) is 88.6 Å². The number of piperazine rings is 1. The Morgan fingerprint density at radius 2 is 1.89 bits per heavy atom. The molecule has 8 nitrogen and oxygen atoms in total. The van der Waals surface area contributed by atoms with E-state index in [1.165, 1.54) is 22.4 Å². The van der Waals surface area contributed by atoms with Crippen LogP contribution in [0.15, 0.2) is 36.5 Å². The molecular weight excluding hydrogens is 452 g/mol. The van der Waals surface area contributed by atoms with Crippen LogP contribution >= 0.6 is 0 Å². The number of hydrogen-bond donors (Lipinski definition) is 2. The Labute approximate surface area is 214 Å². The molecule has 0 unspecified atom stereocenters. The van der Waals surface area contributed by atoms with E-state index in [1.807, 2.05) is 6.20 Å². The molecule has 2 N–H and O–H groups in total. The third-order valence-electron chi connectivity index (χ3n) is 7.69. The van der Waals surface area contributed by atoms with Crippen molar-refractivity contribution in [2.24, 2.45) is 0 Å². The molecule has 3 heterocycles. The van der Waals surface area contributed by atoms with Gasteiger partial charge >= 0.3 is 0 Å². The summed E-state index contributed by atoms with van der Waals surface area (Å²) in [4.78, 5) is 9.59. The second kappa shape index (κ2) is 11.3. The third kappa shape index (κ3) is 5.72. The molecule has 0 bridgehead atoms. The number of ether oxygens (including phenoxy) is 1. The molecule has 3 aromatic rings. The minimum Gasteiger partial charge on any atom is -0.393 e. The second-order valence-corrected chi connectivity index (χ2v) is 10.6. The molecule has 5 rings (SSSR count). The van der Waals surface area contributed by atoms with E-state index in [-0.39, 0.29) is 12.1 Å². The van der Waals surface area contributed by atoms with Gasteiger partial charge < -0.3 is 20.1 Å². The summed E-state index contributed by atoms with van der Waals surface area (Å²) in [7, 11) is 3.90. The van der Waals surface area contributed by atoms with Crippen molar-refractivity contribution in [3.05, 3.63) is 47.8 Å². The molecule has 2 aromatic heterocycles. The highest BCUT2D eigenvalue weighted by molar-refractivity contribution is 5.82. The summed E-state index contributed by atoms with van der Waals surface area (Å²) >= 11 is 0. The van der Waals surface area contributed by atoms with Gasteiger partial charge in [0, 0.05) is 63.1 Å². The van der Waals surface area contributed by atoms with Crippen LogP contribution in [0.2, 0.25) is 0 Å². The van der Waals surface area contributed by atoms with Crippen LogP contribution in [-0.2, 0) is 11.3 Å². The molecule has 1 saturated heterocycles. The van der Waals surface area contributed by atoms with Gasteiger partial charge in [-0.05, 0) is 62.9 Å². The Morgan fingerprint density at radius 3 is 2.64 bits per heavy atom. The van der Waals surface area contributed by atoms with Crippen molar-refractivity contribution in [2.45, 2.75) is 57.2 Å². The maximum Gasteiger partial charge on any atom is 0.241 e. The Balaban J connectivity index is 1.47. The lowest BCUT2D eigenvalue weighted by Crippen LogP contribution is -2.43. The Bertz CT molecular complexity index is 1150. The van der Waals surface area contributed by atoms with Crippen LogP contribution in [0.25, 0.3) is 16.6 Å². The zero-order valence-electron chi connectivity index (χ0n) is 21.9. The molecule has 0 spiro atoms. The fraction of sp³-hybridized carbons (Fsp3) is 0.571. The number of aliphatic hydroxyl groups excluding tert-OH is 1. The predicted octanol–water partition coefficient (Wildman–Crippen LogP) is 3.61. The minimum atomic E-state index is -0.181. The van der Waals surface area contributed by atoms with Gasteiger partial charge in [-0.25, -0.2) is 9.50 Å². The number of benzene rings is 1. The monoisotopic (exact) mass is 492 g/mol. The number of hydrogen-bond acceptors (Lipinski definition) is 7. The summed E-state index contributed by atoms with van der Waals surface area (Å²) < 4.78 is 7.35. The number of fused-ring (bicyclic) bond motifs is 1. The van der Waals surface area contributed by atoms with Crippen LogP contribution in [0.5, 0.6) is 0 Å². The summed E-state index contributed by atoms with van der Waals surface area (Å²) in [5.41, 5.74) is 5.96. The summed E-state index contributed by atoms with van der Waals surface area (Å²) in [5.74, 6) is 0.984. The summed E-state index contributed by atoms with van der Waals surface area (Å²) in [5, 5.41) is 18.4. The molecule has 2 aliphatic rings. The number of nitrogens with zero attached hydrogens (tertiary/aromatic N) is 5. The van der Waals surface area contributed by atoms with Crippen LogP contribution in [0.1, 0.15) is 49.8 Å². The van der Waals surface area contributed by atoms with E-state index < -0.39 is 0 Å². The predicted molar refractivity (Wildman–Crippen MR) is 143 cm³/mol. The van der Waals surface area contributed by atoms with E-state index in [4.69, 9.17) is 9.84 Å². The fourth-order valence-corrected chi connectivity index (χ4v) is 5.59. The maximum atomic E-state index is 10.1. The van der Waals surface area contributed by atoms with Gasteiger partial charge in [-0.15, -0.1) is 5.10 Å². The maximum absolute atomic E-state index is 10.1. The first-order valence-corrected chi connectivity index (χ1v) is 13.3. The van der Waals surface area contributed by atoms with Crippen molar-refractivity contribution in [3.8, 4) is 11.1 Å². The Kier molecular flexibility index (Phi) is 7.86. The van der Waals surface area contributed by atoms with E-state index in [1.54, 1.807) is 7.11 Å². The molecule has 8 heteroatoms. The highest BCUT2D eigenvalue weighted by Crippen LogP contribution is 2.38. The van der Waals surface area contributed by atoms with Crippen LogP contribution in [0, 0.1) is 0 Å². The number of methoxy groups -OCH3 is 1. The minimum absolute atomic E-state index is 0.113. The molecule has 1 saturated carbocycles. The highest BCUT2D eigenvalue weighted by atomic mass is 16.5. The first-order valence-electron chi connectivity index (χ1n) is 13.3. The number of likely N-dealkylation sites (N-methyl/N-ethyl adjacent to an activating group) is 1. The lowest BCUT2D eigenvalue weighted by Gasteiger charge is -2.32. The molecule has 1 atom stereocenters.